The van der Waals surface area contributed by atoms with Crippen LogP contribution in [0, 0.1) is 0 Å². The van der Waals surface area contributed by atoms with E-state index in [4.69, 9.17) is 14.6 Å². The average Bonchev–Trinajstić information content (AvgIpc) is 2.60. The molecule has 0 aliphatic rings. The Hall–Kier alpha value is -2.08. The predicted octanol–water partition coefficient (Wildman–Crippen LogP) is 1.77. The van der Waals surface area contributed by atoms with Crippen molar-refractivity contribution < 1.29 is 24.8 Å². The maximum Gasteiger partial charge on any atom is 0.119 e. The molecule has 0 fully saturated rings. The van der Waals surface area contributed by atoms with Crippen LogP contribution in [0.5, 0.6) is 11.5 Å². The number of aliphatic hydroxyl groups excluding tert-OH is 3. The van der Waals surface area contributed by atoms with Gasteiger partial charge in [0.2, 0.25) is 0 Å². The Morgan fingerprint density at radius 1 is 0.792 bits per heavy atom. The molecule has 2 aromatic carbocycles. The van der Waals surface area contributed by atoms with Crippen LogP contribution in [0.25, 0.3) is 0 Å². The summed E-state index contributed by atoms with van der Waals surface area (Å²) in [6.07, 6.45) is -0.556. The van der Waals surface area contributed by atoms with Crippen LogP contribution in [0.1, 0.15) is 18.1 Å². The fourth-order valence-electron chi connectivity index (χ4n) is 2.10. The summed E-state index contributed by atoms with van der Waals surface area (Å²) < 4.78 is 10.8. The van der Waals surface area contributed by atoms with Crippen LogP contribution in [-0.4, -0.2) is 47.3 Å². The highest BCUT2D eigenvalue weighted by molar-refractivity contribution is 5.34. The molecule has 0 amide bonds. The molecular weight excluding hydrogens is 308 g/mol. The molecule has 2 aromatic rings. The van der Waals surface area contributed by atoms with E-state index < -0.39 is 12.2 Å². The van der Waals surface area contributed by atoms with E-state index in [0.717, 1.165) is 23.3 Å². The molecule has 0 saturated heterocycles. The van der Waals surface area contributed by atoms with Gasteiger partial charge < -0.3 is 24.8 Å². The van der Waals surface area contributed by atoms with Gasteiger partial charge in [-0.1, -0.05) is 24.3 Å². The number of benzene rings is 2. The van der Waals surface area contributed by atoms with Crippen molar-refractivity contribution >= 4 is 0 Å². The van der Waals surface area contributed by atoms with E-state index >= 15 is 0 Å². The Bertz CT molecular complexity index is 592. The minimum Gasteiger partial charge on any atom is -0.491 e. The van der Waals surface area contributed by atoms with E-state index in [1.54, 1.807) is 6.92 Å². The molecule has 2 unspecified atom stereocenters. The summed E-state index contributed by atoms with van der Waals surface area (Å²) in [5.74, 6) is 1.40. The smallest absolute Gasteiger partial charge is 0.119 e. The molecule has 5 nitrogen and oxygen atoms in total. The first-order chi connectivity index (χ1) is 11.6. The fourth-order valence-corrected chi connectivity index (χ4v) is 2.10. The topological polar surface area (TPSA) is 79.2 Å². The van der Waals surface area contributed by atoms with Crippen molar-refractivity contribution in [3.63, 3.8) is 0 Å². The van der Waals surface area contributed by atoms with E-state index in [9.17, 15) is 10.2 Å². The first kappa shape index (κ1) is 18.3. The summed E-state index contributed by atoms with van der Waals surface area (Å²) >= 11 is 0. The lowest BCUT2D eigenvalue weighted by Crippen LogP contribution is -2.21. The Morgan fingerprint density at radius 3 is 1.67 bits per heavy atom. The van der Waals surface area contributed by atoms with E-state index in [1.165, 1.54) is 0 Å². The van der Waals surface area contributed by atoms with Crippen molar-refractivity contribution in [1.82, 2.24) is 0 Å². The van der Waals surface area contributed by atoms with Gasteiger partial charge in [0.25, 0.3) is 0 Å². The average molecular weight is 332 g/mol. The molecule has 0 radical (unpaired) electrons. The highest BCUT2D eigenvalue weighted by Crippen LogP contribution is 2.18. The summed E-state index contributed by atoms with van der Waals surface area (Å²) in [6, 6.07) is 15.4. The first-order valence-corrected chi connectivity index (χ1v) is 7.97. The molecule has 0 saturated carbocycles. The van der Waals surface area contributed by atoms with Crippen molar-refractivity contribution in [1.29, 1.82) is 0 Å². The standard InChI is InChI=1S/C19H24O5/c1-14(21)12-23-18-6-2-15(3-7-18)10-16-4-8-19(9-5-16)24-13-17(22)11-20/h2-9,14,17,20-22H,10-13H2,1H3. The van der Waals surface area contributed by atoms with Gasteiger partial charge in [0.05, 0.1) is 12.7 Å². The predicted molar refractivity (Wildman–Crippen MR) is 91.5 cm³/mol. The number of hydrogen-bond donors (Lipinski definition) is 3. The van der Waals surface area contributed by atoms with E-state index in [0.29, 0.717) is 5.75 Å². The van der Waals surface area contributed by atoms with Crippen molar-refractivity contribution in [3.05, 3.63) is 59.7 Å². The van der Waals surface area contributed by atoms with Crippen LogP contribution in [0.15, 0.2) is 48.5 Å². The third kappa shape index (κ3) is 6.20. The third-order valence-corrected chi connectivity index (χ3v) is 3.40. The zero-order chi connectivity index (χ0) is 17.4. The number of hydrogen-bond acceptors (Lipinski definition) is 5. The maximum atomic E-state index is 9.26. The highest BCUT2D eigenvalue weighted by Gasteiger charge is 2.04. The Labute approximate surface area is 142 Å². The fraction of sp³-hybridized carbons (Fsp3) is 0.368. The van der Waals surface area contributed by atoms with Gasteiger partial charge in [-0.2, -0.15) is 0 Å². The number of rotatable bonds is 9. The zero-order valence-electron chi connectivity index (χ0n) is 13.8. The largest absolute Gasteiger partial charge is 0.491 e. The third-order valence-electron chi connectivity index (χ3n) is 3.40. The molecule has 0 aromatic heterocycles. The van der Waals surface area contributed by atoms with Gasteiger partial charge in [-0.05, 0) is 48.7 Å². The monoisotopic (exact) mass is 332 g/mol. The van der Waals surface area contributed by atoms with Gasteiger partial charge in [-0.3, -0.25) is 0 Å². The van der Waals surface area contributed by atoms with Crippen LogP contribution < -0.4 is 9.47 Å². The van der Waals surface area contributed by atoms with Crippen LogP contribution in [0.3, 0.4) is 0 Å². The van der Waals surface area contributed by atoms with Crippen molar-refractivity contribution in [2.75, 3.05) is 19.8 Å². The molecule has 5 heteroatoms. The molecule has 2 atom stereocenters. The lowest BCUT2D eigenvalue weighted by atomic mass is 10.0. The Kier molecular flexibility index (Phi) is 7.06. The minimum absolute atomic E-state index is 0.0732. The molecule has 130 valence electrons. The van der Waals surface area contributed by atoms with Gasteiger partial charge in [0.1, 0.15) is 30.8 Å². The van der Waals surface area contributed by atoms with Crippen molar-refractivity contribution in [2.45, 2.75) is 25.6 Å². The first-order valence-electron chi connectivity index (χ1n) is 7.97. The maximum absolute atomic E-state index is 9.26. The van der Waals surface area contributed by atoms with Crippen LogP contribution >= 0.6 is 0 Å². The molecule has 0 spiro atoms. The lowest BCUT2D eigenvalue weighted by Gasteiger charge is -2.11. The van der Waals surface area contributed by atoms with Gasteiger partial charge in [0, 0.05) is 0 Å². The Balaban J connectivity index is 1.86. The van der Waals surface area contributed by atoms with E-state index in [1.807, 2.05) is 48.5 Å². The molecule has 0 aliphatic heterocycles. The normalized spacial score (nSPS) is 13.3. The van der Waals surface area contributed by atoms with Crippen molar-refractivity contribution in [3.8, 4) is 11.5 Å². The van der Waals surface area contributed by atoms with Crippen molar-refractivity contribution in [2.24, 2.45) is 0 Å². The SMILES string of the molecule is CC(O)COc1ccc(Cc2ccc(OCC(O)CO)cc2)cc1. The summed E-state index contributed by atoms with van der Waals surface area (Å²) in [4.78, 5) is 0. The van der Waals surface area contributed by atoms with Gasteiger partial charge in [-0.15, -0.1) is 0 Å². The van der Waals surface area contributed by atoms with Crippen LogP contribution in [0.4, 0.5) is 0 Å². The van der Waals surface area contributed by atoms with Gasteiger partial charge >= 0.3 is 0 Å². The molecule has 0 heterocycles. The van der Waals surface area contributed by atoms with E-state index in [-0.39, 0.29) is 19.8 Å². The molecule has 3 N–H and O–H groups in total. The zero-order valence-corrected chi connectivity index (χ0v) is 13.8. The second kappa shape index (κ2) is 9.27. The van der Waals surface area contributed by atoms with Gasteiger partial charge in [-0.25, -0.2) is 0 Å². The summed E-state index contributed by atoms with van der Waals surface area (Å²) in [5.41, 5.74) is 2.30. The minimum atomic E-state index is -0.862. The van der Waals surface area contributed by atoms with Crippen LogP contribution in [-0.2, 0) is 6.42 Å². The molecule has 0 bridgehead atoms. The lowest BCUT2D eigenvalue weighted by molar-refractivity contribution is 0.0536. The summed E-state index contributed by atoms with van der Waals surface area (Å²) in [5, 5.41) is 27.2. The Morgan fingerprint density at radius 2 is 1.25 bits per heavy atom. The second-order valence-corrected chi connectivity index (χ2v) is 5.77. The number of ether oxygens (including phenoxy) is 2. The molecule has 0 aliphatic carbocycles. The summed E-state index contributed by atoms with van der Waals surface area (Å²) in [6.45, 7) is 1.73. The highest BCUT2D eigenvalue weighted by atomic mass is 16.5. The van der Waals surface area contributed by atoms with E-state index in [2.05, 4.69) is 0 Å². The van der Waals surface area contributed by atoms with Gasteiger partial charge in [0.15, 0.2) is 0 Å². The number of aliphatic hydroxyl groups is 3. The molecule has 2 rings (SSSR count). The summed E-state index contributed by atoms with van der Waals surface area (Å²) in [7, 11) is 0. The molecular formula is C19H24O5. The van der Waals surface area contributed by atoms with Crippen LogP contribution in [0.2, 0.25) is 0 Å². The quantitative estimate of drug-likeness (QED) is 0.652. The second-order valence-electron chi connectivity index (χ2n) is 5.77. The molecule has 24 heavy (non-hydrogen) atoms.